The van der Waals surface area contributed by atoms with E-state index in [0.29, 0.717) is 37.2 Å². The fraction of sp³-hybridized carbons (Fsp3) is 0.650. The Bertz CT molecular complexity index is 705. The molecular formula is C20H26O7. The lowest BCUT2D eigenvalue weighted by Crippen LogP contribution is -2.29. The average molecular weight is 378 g/mol. The van der Waals surface area contributed by atoms with Crippen LogP contribution in [0.1, 0.15) is 63.4 Å². The number of Topliss-reactive ketones (excluding diaryl/α,β-unsaturated/α-hetero) is 1. The smallest absolute Gasteiger partial charge is 0.317 e. The number of esters is 2. The number of hydrogen-bond acceptors (Lipinski definition) is 7. The Morgan fingerprint density at radius 2 is 1.96 bits per heavy atom. The van der Waals surface area contributed by atoms with E-state index in [1.807, 2.05) is 0 Å². The van der Waals surface area contributed by atoms with Crippen molar-refractivity contribution in [2.24, 2.45) is 5.92 Å². The first-order valence-corrected chi connectivity index (χ1v) is 9.52. The van der Waals surface area contributed by atoms with Gasteiger partial charge in [0.25, 0.3) is 0 Å². The van der Waals surface area contributed by atoms with E-state index >= 15 is 0 Å². The van der Waals surface area contributed by atoms with Gasteiger partial charge in [-0.2, -0.15) is 0 Å². The lowest BCUT2D eigenvalue weighted by molar-refractivity contribution is -0.155. The molecule has 3 rings (SSSR count). The Kier molecular flexibility index (Phi) is 5.99. The van der Waals surface area contributed by atoms with Crippen LogP contribution in [0.4, 0.5) is 0 Å². The van der Waals surface area contributed by atoms with Crippen molar-refractivity contribution in [2.75, 3.05) is 0 Å². The molecule has 7 heteroatoms. The van der Waals surface area contributed by atoms with Gasteiger partial charge in [-0.05, 0) is 38.8 Å². The summed E-state index contributed by atoms with van der Waals surface area (Å²) in [5.41, 5.74) is 0. The first kappa shape index (κ1) is 19.6. The zero-order chi connectivity index (χ0) is 19.6. The minimum absolute atomic E-state index is 0.0268. The maximum absolute atomic E-state index is 12.5. The molecule has 27 heavy (non-hydrogen) atoms. The van der Waals surface area contributed by atoms with Crippen molar-refractivity contribution in [3.63, 3.8) is 0 Å². The Morgan fingerprint density at radius 1 is 1.19 bits per heavy atom. The van der Waals surface area contributed by atoms with E-state index in [1.165, 1.54) is 0 Å². The number of fused-ring (bicyclic) bond motifs is 1. The largest absolute Gasteiger partial charge is 0.465 e. The summed E-state index contributed by atoms with van der Waals surface area (Å²) in [4.78, 5) is 37.0. The van der Waals surface area contributed by atoms with Gasteiger partial charge in [0, 0.05) is 25.2 Å². The second kappa shape index (κ2) is 8.25. The molecule has 0 radical (unpaired) electrons. The van der Waals surface area contributed by atoms with Gasteiger partial charge in [0.15, 0.2) is 0 Å². The van der Waals surface area contributed by atoms with Crippen LogP contribution in [0.2, 0.25) is 0 Å². The molecule has 0 aromatic carbocycles. The molecule has 3 heterocycles. The van der Waals surface area contributed by atoms with Gasteiger partial charge >= 0.3 is 11.9 Å². The zero-order valence-electron chi connectivity index (χ0n) is 15.7. The average Bonchev–Trinajstić information content (AvgIpc) is 3.15. The molecule has 0 spiro atoms. The van der Waals surface area contributed by atoms with Gasteiger partial charge in [0.05, 0.1) is 18.6 Å². The first-order valence-electron chi connectivity index (χ1n) is 9.52. The van der Waals surface area contributed by atoms with E-state index in [-0.39, 0.29) is 24.7 Å². The third-order valence-corrected chi connectivity index (χ3v) is 5.22. The Labute approximate surface area is 158 Å². The maximum Gasteiger partial charge on any atom is 0.317 e. The lowest BCUT2D eigenvalue weighted by atomic mass is 9.82. The summed E-state index contributed by atoms with van der Waals surface area (Å²) in [6.07, 6.45) is 0.548. The van der Waals surface area contributed by atoms with Crippen molar-refractivity contribution in [1.82, 2.24) is 0 Å². The molecule has 0 bridgehead atoms. The van der Waals surface area contributed by atoms with Crippen LogP contribution in [-0.4, -0.2) is 41.1 Å². The van der Waals surface area contributed by atoms with Crippen molar-refractivity contribution in [3.05, 3.63) is 23.7 Å². The molecule has 1 aromatic heterocycles. The van der Waals surface area contributed by atoms with Crippen molar-refractivity contribution in [1.29, 1.82) is 0 Å². The SMILES string of the molecule is C[C@@H]1CCC(=O)C[C@@H]2[C@H](CC(=O)O1)OC(=O)[C@@H]2c1ccc(CC[C@@H](C)O)o1. The molecule has 2 saturated heterocycles. The molecule has 5 atom stereocenters. The summed E-state index contributed by atoms with van der Waals surface area (Å²) in [6.45, 7) is 3.46. The molecule has 0 saturated carbocycles. The molecule has 2 aliphatic heterocycles. The number of aryl methyl sites for hydroxylation is 1. The third kappa shape index (κ3) is 4.77. The number of cyclic esters (lactones) is 1. The van der Waals surface area contributed by atoms with Crippen molar-refractivity contribution >= 4 is 17.7 Å². The van der Waals surface area contributed by atoms with Gasteiger partial charge in [-0.15, -0.1) is 0 Å². The highest BCUT2D eigenvalue weighted by atomic mass is 16.6. The van der Waals surface area contributed by atoms with E-state index in [4.69, 9.17) is 13.9 Å². The van der Waals surface area contributed by atoms with E-state index in [0.717, 1.165) is 0 Å². The highest BCUT2D eigenvalue weighted by molar-refractivity contribution is 5.85. The van der Waals surface area contributed by atoms with Crippen LogP contribution in [0.15, 0.2) is 16.5 Å². The molecule has 0 amide bonds. The van der Waals surface area contributed by atoms with Crippen LogP contribution in [-0.2, 0) is 30.3 Å². The van der Waals surface area contributed by atoms with Crippen LogP contribution in [0.3, 0.4) is 0 Å². The Hall–Kier alpha value is -2.15. The van der Waals surface area contributed by atoms with E-state index in [1.54, 1.807) is 26.0 Å². The zero-order valence-corrected chi connectivity index (χ0v) is 15.7. The fourth-order valence-electron chi connectivity index (χ4n) is 3.74. The predicted octanol–water partition coefficient (Wildman–Crippen LogP) is 2.29. The molecule has 0 unspecified atom stereocenters. The number of aliphatic hydroxyl groups excluding tert-OH is 1. The number of hydrogen-bond donors (Lipinski definition) is 1. The summed E-state index contributed by atoms with van der Waals surface area (Å²) in [6, 6.07) is 3.49. The van der Waals surface area contributed by atoms with Crippen LogP contribution in [0.25, 0.3) is 0 Å². The highest BCUT2D eigenvalue weighted by Crippen LogP contribution is 2.41. The third-order valence-electron chi connectivity index (χ3n) is 5.22. The molecule has 148 valence electrons. The first-order chi connectivity index (χ1) is 12.8. The topological polar surface area (TPSA) is 103 Å². The number of aliphatic hydroxyl groups is 1. The van der Waals surface area contributed by atoms with Gasteiger partial charge in [-0.25, -0.2) is 0 Å². The normalized spacial score (nSPS) is 30.4. The van der Waals surface area contributed by atoms with Gasteiger partial charge in [0.1, 0.15) is 29.3 Å². The summed E-state index contributed by atoms with van der Waals surface area (Å²) >= 11 is 0. The highest BCUT2D eigenvalue weighted by Gasteiger charge is 2.48. The summed E-state index contributed by atoms with van der Waals surface area (Å²) in [5.74, 6) is -0.905. The summed E-state index contributed by atoms with van der Waals surface area (Å²) < 4.78 is 16.5. The quantitative estimate of drug-likeness (QED) is 0.802. The van der Waals surface area contributed by atoms with E-state index in [9.17, 15) is 19.5 Å². The molecule has 1 N–H and O–H groups in total. The van der Waals surface area contributed by atoms with Crippen molar-refractivity contribution in [3.8, 4) is 0 Å². The van der Waals surface area contributed by atoms with Crippen LogP contribution in [0.5, 0.6) is 0 Å². The number of ether oxygens (including phenoxy) is 2. The molecule has 1 aromatic rings. The second-order valence-corrected chi connectivity index (χ2v) is 7.59. The predicted molar refractivity (Wildman–Crippen MR) is 93.8 cm³/mol. The Morgan fingerprint density at radius 3 is 2.70 bits per heavy atom. The van der Waals surface area contributed by atoms with Crippen LogP contribution < -0.4 is 0 Å². The second-order valence-electron chi connectivity index (χ2n) is 7.59. The molecule has 2 aliphatic rings. The van der Waals surface area contributed by atoms with Crippen molar-refractivity contribution < 1.29 is 33.4 Å². The number of furan rings is 1. The molecule has 7 nitrogen and oxygen atoms in total. The monoisotopic (exact) mass is 378 g/mol. The molecule has 0 aliphatic carbocycles. The molecular weight excluding hydrogens is 352 g/mol. The lowest BCUT2D eigenvalue weighted by Gasteiger charge is -2.22. The summed E-state index contributed by atoms with van der Waals surface area (Å²) in [7, 11) is 0. The minimum atomic E-state index is -0.705. The number of carbonyl (C=O) groups excluding carboxylic acids is 3. The standard InChI is InChI=1S/C20H26O7/c1-11(21)3-6-14-7-8-16(26-14)19-15-9-13(22)5-4-12(2)25-18(23)10-17(15)27-20(19)24/h7-8,11-12,15,17,19,21H,3-6,9-10H2,1-2H3/t11-,12-,15-,17+,19+/m1/s1. The number of rotatable bonds is 4. The van der Waals surface area contributed by atoms with E-state index in [2.05, 4.69) is 0 Å². The fourth-order valence-corrected chi connectivity index (χ4v) is 3.74. The van der Waals surface area contributed by atoms with Gasteiger partial charge in [-0.1, -0.05) is 0 Å². The van der Waals surface area contributed by atoms with Crippen LogP contribution in [0, 0.1) is 5.92 Å². The van der Waals surface area contributed by atoms with Crippen LogP contribution >= 0.6 is 0 Å². The maximum atomic E-state index is 12.5. The minimum Gasteiger partial charge on any atom is -0.465 e. The van der Waals surface area contributed by atoms with Gasteiger partial charge in [-0.3, -0.25) is 14.4 Å². The number of carbonyl (C=O) groups is 3. The van der Waals surface area contributed by atoms with Crippen molar-refractivity contribution in [2.45, 2.75) is 76.6 Å². The Balaban J connectivity index is 1.80. The van der Waals surface area contributed by atoms with Gasteiger partial charge < -0.3 is 19.0 Å². The van der Waals surface area contributed by atoms with E-state index < -0.39 is 36.0 Å². The number of ketones is 1. The van der Waals surface area contributed by atoms with Gasteiger partial charge in [0.2, 0.25) is 0 Å². The molecule has 2 fully saturated rings. The summed E-state index contributed by atoms with van der Waals surface area (Å²) in [5, 5.41) is 9.41.